The monoisotopic (exact) mass is 469 g/mol. The fourth-order valence-electron chi connectivity index (χ4n) is 2.88. The van der Waals surface area contributed by atoms with E-state index >= 15 is 0 Å². The van der Waals surface area contributed by atoms with Crippen molar-refractivity contribution in [1.82, 2.24) is 4.98 Å². The summed E-state index contributed by atoms with van der Waals surface area (Å²) in [5.41, 5.74) is 0.675. The van der Waals surface area contributed by atoms with Crippen molar-refractivity contribution in [2.45, 2.75) is 11.3 Å². The zero-order valence-corrected chi connectivity index (χ0v) is 18.7. The van der Waals surface area contributed by atoms with Crippen molar-refractivity contribution in [3.8, 4) is 5.75 Å². The van der Waals surface area contributed by atoms with Gasteiger partial charge in [0.15, 0.2) is 9.84 Å². The van der Waals surface area contributed by atoms with Gasteiger partial charge < -0.3 is 9.15 Å². The summed E-state index contributed by atoms with van der Waals surface area (Å²) in [5.74, 6) is 0.265. The maximum atomic E-state index is 13.0. The van der Waals surface area contributed by atoms with E-state index in [1.807, 2.05) is 6.07 Å². The molecule has 2 aromatic heterocycles. The van der Waals surface area contributed by atoms with Gasteiger partial charge in [0.05, 0.1) is 40.5 Å². The minimum atomic E-state index is -3.61. The predicted molar refractivity (Wildman–Crippen MR) is 123 cm³/mol. The van der Waals surface area contributed by atoms with Gasteiger partial charge in [0, 0.05) is 6.42 Å². The van der Waals surface area contributed by atoms with Crippen molar-refractivity contribution in [2.75, 3.05) is 17.9 Å². The van der Waals surface area contributed by atoms with Gasteiger partial charge in [0.1, 0.15) is 11.5 Å². The molecule has 0 N–H and O–H groups in total. The Morgan fingerprint density at radius 3 is 2.72 bits per heavy atom. The lowest BCUT2D eigenvalue weighted by atomic mass is 10.3. The first-order chi connectivity index (χ1) is 15.5. The highest BCUT2D eigenvalue weighted by Crippen LogP contribution is 2.32. The Hall–Kier alpha value is -3.50. The van der Waals surface area contributed by atoms with Gasteiger partial charge in [0.2, 0.25) is 5.13 Å². The van der Waals surface area contributed by atoms with E-state index in [2.05, 4.69) is 10.1 Å². The summed E-state index contributed by atoms with van der Waals surface area (Å²) in [6.45, 7) is 0. The molecule has 0 aliphatic carbocycles. The lowest BCUT2D eigenvalue weighted by Gasteiger charge is -2.13. The van der Waals surface area contributed by atoms with Gasteiger partial charge in [-0.15, -0.1) is 0 Å². The Morgan fingerprint density at radius 1 is 1.19 bits per heavy atom. The first kappa shape index (κ1) is 21.7. The zero-order valence-electron chi connectivity index (χ0n) is 17.0. The molecule has 0 aliphatic heterocycles. The van der Waals surface area contributed by atoms with Crippen LogP contribution in [0, 0.1) is 0 Å². The summed E-state index contributed by atoms with van der Waals surface area (Å²) in [4.78, 5) is 17.7. The number of aromatic nitrogens is 1. The number of hydrogen-bond acceptors (Lipinski definition) is 8. The number of carbonyl (C=O) groups excluding carboxylic acids is 1. The second-order valence-electron chi connectivity index (χ2n) is 6.68. The van der Waals surface area contributed by atoms with Crippen LogP contribution < -0.4 is 9.75 Å². The van der Waals surface area contributed by atoms with E-state index in [-0.39, 0.29) is 17.1 Å². The van der Waals surface area contributed by atoms with Crippen LogP contribution in [0.15, 0.2) is 81.3 Å². The van der Waals surface area contributed by atoms with Crippen LogP contribution in [0.3, 0.4) is 0 Å². The lowest BCUT2D eigenvalue weighted by molar-refractivity contribution is -0.118. The highest BCUT2D eigenvalue weighted by molar-refractivity contribution is 7.91. The van der Waals surface area contributed by atoms with E-state index in [0.717, 1.165) is 9.71 Å². The standard InChI is InChI=1S/C22H19N3O5S2/c1-29-16-9-10-19-20(14-16)31-22(24-19)25(23-15-17-6-5-12-30-17)21(26)11-13-32(27,28)18-7-3-2-4-8-18/h2-10,12,14-15H,11,13H2,1H3/b23-15+. The number of hydrazone groups is 1. The molecule has 1 amide bonds. The van der Waals surface area contributed by atoms with Gasteiger partial charge in [-0.3, -0.25) is 4.79 Å². The average molecular weight is 470 g/mol. The molecule has 0 bridgehead atoms. The van der Waals surface area contributed by atoms with Crippen LogP contribution in [0.25, 0.3) is 10.2 Å². The third kappa shape index (κ3) is 4.87. The fraction of sp³-hybridized carbons (Fsp3) is 0.136. The maximum absolute atomic E-state index is 13.0. The van der Waals surface area contributed by atoms with Crippen molar-refractivity contribution in [3.05, 3.63) is 72.7 Å². The summed E-state index contributed by atoms with van der Waals surface area (Å²) in [7, 11) is -2.05. The molecule has 4 aromatic rings. The number of hydrogen-bond donors (Lipinski definition) is 0. The van der Waals surface area contributed by atoms with Crippen LogP contribution in [0.2, 0.25) is 0 Å². The largest absolute Gasteiger partial charge is 0.497 e. The molecule has 0 saturated heterocycles. The minimum absolute atomic E-state index is 0.172. The number of benzene rings is 2. The Morgan fingerprint density at radius 2 is 2.00 bits per heavy atom. The van der Waals surface area contributed by atoms with Gasteiger partial charge in [-0.05, 0) is 42.5 Å². The van der Waals surface area contributed by atoms with Crippen molar-refractivity contribution < 1.29 is 22.4 Å². The molecule has 0 aliphatic rings. The summed E-state index contributed by atoms with van der Waals surface area (Å²) in [5, 5.41) is 5.66. The topological polar surface area (TPSA) is 102 Å². The molecule has 2 heterocycles. The second-order valence-corrected chi connectivity index (χ2v) is 9.80. The van der Waals surface area contributed by atoms with Crippen LogP contribution in [0.1, 0.15) is 12.2 Å². The fourth-order valence-corrected chi connectivity index (χ4v) is 5.10. The number of carbonyl (C=O) groups is 1. The first-order valence-corrected chi connectivity index (χ1v) is 12.1. The third-order valence-corrected chi connectivity index (χ3v) is 7.26. The highest BCUT2D eigenvalue weighted by Gasteiger charge is 2.23. The molecule has 2 aromatic carbocycles. The number of sulfone groups is 1. The van der Waals surface area contributed by atoms with Crippen LogP contribution >= 0.6 is 11.3 Å². The SMILES string of the molecule is COc1ccc2nc(N(/N=C/c3ccco3)C(=O)CCS(=O)(=O)c3ccccc3)sc2c1. The number of furan rings is 1. The van der Waals surface area contributed by atoms with Crippen LogP contribution in [-0.4, -0.2) is 38.4 Å². The Bertz CT molecular complexity index is 1350. The first-order valence-electron chi connectivity index (χ1n) is 9.59. The number of methoxy groups -OCH3 is 1. The number of anilines is 1. The molecule has 0 fully saturated rings. The number of thiazole rings is 1. The van der Waals surface area contributed by atoms with E-state index in [1.54, 1.807) is 49.6 Å². The van der Waals surface area contributed by atoms with E-state index < -0.39 is 15.7 Å². The number of ether oxygens (including phenoxy) is 1. The smallest absolute Gasteiger partial charge is 0.250 e. The third-order valence-electron chi connectivity index (χ3n) is 4.53. The predicted octanol–water partition coefficient (Wildman–Crippen LogP) is 4.13. The number of amides is 1. The molecular weight excluding hydrogens is 450 g/mol. The Labute approximate surface area is 188 Å². The van der Waals surface area contributed by atoms with E-state index in [0.29, 0.717) is 22.2 Å². The zero-order chi connectivity index (χ0) is 22.6. The summed E-state index contributed by atoms with van der Waals surface area (Å²) in [6.07, 6.45) is 2.62. The van der Waals surface area contributed by atoms with Gasteiger partial charge in [-0.2, -0.15) is 10.1 Å². The summed E-state index contributed by atoms with van der Waals surface area (Å²) < 4.78 is 36.5. The molecule has 10 heteroatoms. The minimum Gasteiger partial charge on any atom is -0.497 e. The molecule has 0 unspecified atom stereocenters. The molecule has 8 nitrogen and oxygen atoms in total. The van der Waals surface area contributed by atoms with E-state index in [9.17, 15) is 13.2 Å². The van der Waals surface area contributed by atoms with E-state index in [4.69, 9.17) is 9.15 Å². The van der Waals surface area contributed by atoms with Gasteiger partial charge in [-0.1, -0.05) is 29.5 Å². The number of fused-ring (bicyclic) bond motifs is 1. The maximum Gasteiger partial charge on any atom is 0.250 e. The molecule has 0 saturated carbocycles. The summed E-state index contributed by atoms with van der Waals surface area (Å²) in [6, 6.07) is 16.8. The van der Waals surface area contributed by atoms with Gasteiger partial charge >= 0.3 is 0 Å². The second kappa shape index (κ2) is 9.33. The van der Waals surface area contributed by atoms with Crippen molar-refractivity contribution in [1.29, 1.82) is 0 Å². The van der Waals surface area contributed by atoms with E-state index in [1.165, 1.54) is 35.9 Å². The van der Waals surface area contributed by atoms with Crippen LogP contribution in [0.4, 0.5) is 5.13 Å². The summed E-state index contributed by atoms with van der Waals surface area (Å²) >= 11 is 1.25. The molecule has 0 atom stereocenters. The lowest BCUT2D eigenvalue weighted by Crippen LogP contribution is -2.27. The molecule has 32 heavy (non-hydrogen) atoms. The van der Waals surface area contributed by atoms with Crippen molar-refractivity contribution in [2.24, 2.45) is 5.10 Å². The molecular formula is C22H19N3O5S2. The van der Waals surface area contributed by atoms with Gasteiger partial charge in [-0.25, -0.2) is 13.4 Å². The average Bonchev–Trinajstić information content (AvgIpc) is 3.47. The molecule has 4 rings (SSSR count). The molecule has 0 spiro atoms. The van der Waals surface area contributed by atoms with Crippen LogP contribution in [-0.2, 0) is 14.6 Å². The van der Waals surface area contributed by atoms with Gasteiger partial charge in [0.25, 0.3) is 5.91 Å². The normalized spacial score (nSPS) is 11.8. The van der Waals surface area contributed by atoms with Crippen LogP contribution in [0.5, 0.6) is 5.75 Å². The molecule has 0 radical (unpaired) electrons. The molecule has 164 valence electrons. The quantitative estimate of drug-likeness (QED) is 0.284. The number of rotatable bonds is 8. The van der Waals surface area contributed by atoms with Crippen molar-refractivity contribution in [3.63, 3.8) is 0 Å². The number of nitrogens with zero attached hydrogens (tertiary/aromatic N) is 3. The van der Waals surface area contributed by atoms with Crippen molar-refractivity contribution >= 4 is 48.6 Å². The Kier molecular flexibility index (Phi) is 6.33. The Balaban J connectivity index is 1.61. The highest BCUT2D eigenvalue weighted by atomic mass is 32.2.